The molecule has 1 amide bonds. The van der Waals surface area contributed by atoms with Crippen molar-refractivity contribution in [2.24, 2.45) is 0 Å². The van der Waals surface area contributed by atoms with Gasteiger partial charge in [-0.1, -0.05) is 17.7 Å². The molecule has 0 saturated carbocycles. The first kappa shape index (κ1) is 15.8. The van der Waals surface area contributed by atoms with Gasteiger partial charge in [0.05, 0.1) is 11.9 Å². The van der Waals surface area contributed by atoms with E-state index in [-0.39, 0.29) is 5.91 Å². The van der Waals surface area contributed by atoms with E-state index in [0.717, 1.165) is 10.6 Å². The van der Waals surface area contributed by atoms with Crippen LogP contribution in [0.4, 0.5) is 5.69 Å². The van der Waals surface area contributed by atoms with Gasteiger partial charge in [0.15, 0.2) is 0 Å². The number of nitrogens with zero attached hydrogens (tertiary/aromatic N) is 2. The summed E-state index contributed by atoms with van der Waals surface area (Å²) in [5.41, 5.74) is 0.373. The van der Waals surface area contributed by atoms with Crippen molar-refractivity contribution < 1.29 is 13.2 Å². The van der Waals surface area contributed by atoms with E-state index in [4.69, 9.17) is 11.6 Å². The van der Waals surface area contributed by atoms with Gasteiger partial charge in [-0.2, -0.15) is 0 Å². The molecule has 0 unspecified atom stereocenters. The monoisotopic (exact) mass is 304 g/mol. The molecule has 5 nitrogen and oxygen atoms in total. The zero-order chi connectivity index (χ0) is 14.8. The maximum absolute atomic E-state index is 12.0. The molecule has 0 spiro atoms. The molecular weight excluding hydrogens is 288 g/mol. The van der Waals surface area contributed by atoms with Crippen LogP contribution in [0.25, 0.3) is 0 Å². The van der Waals surface area contributed by atoms with Gasteiger partial charge in [0, 0.05) is 19.1 Å². The highest BCUT2D eigenvalue weighted by molar-refractivity contribution is 7.92. The molecule has 1 rings (SSSR count). The van der Waals surface area contributed by atoms with Crippen molar-refractivity contribution in [2.75, 3.05) is 24.7 Å². The van der Waals surface area contributed by atoms with Crippen molar-refractivity contribution >= 4 is 33.2 Å². The molecule has 0 N–H and O–H groups in total. The van der Waals surface area contributed by atoms with E-state index in [2.05, 4.69) is 0 Å². The van der Waals surface area contributed by atoms with Gasteiger partial charge in [0.2, 0.25) is 15.9 Å². The molecule has 106 valence electrons. The summed E-state index contributed by atoms with van der Waals surface area (Å²) in [6, 6.07) is 5.57. The molecule has 0 aromatic heterocycles. The molecule has 0 heterocycles. The zero-order valence-electron chi connectivity index (χ0n) is 11.3. The molecule has 0 radical (unpaired) electrons. The molecule has 7 heteroatoms. The summed E-state index contributed by atoms with van der Waals surface area (Å²) in [6.45, 7) is 1.55. The number of benzene rings is 1. The number of carbonyl (C=O) groups is 1. The van der Waals surface area contributed by atoms with Crippen LogP contribution in [0.15, 0.2) is 24.3 Å². The lowest BCUT2D eigenvalue weighted by Gasteiger charge is -2.29. The van der Waals surface area contributed by atoms with Crippen molar-refractivity contribution in [3.05, 3.63) is 29.3 Å². The van der Waals surface area contributed by atoms with Gasteiger partial charge in [-0.3, -0.25) is 9.10 Å². The Morgan fingerprint density at radius 1 is 1.32 bits per heavy atom. The molecule has 1 atom stereocenters. The summed E-state index contributed by atoms with van der Waals surface area (Å²) in [5.74, 6) is -0.301. The fraction of sp³-hybridized carbons (Fsp3) is 0.417. The highest BCUT2D eigenvalue weighted by atomic mass is 35.5. The fourth-order valence-electron chi connectivity index (χ4n) is 1.79. The highest BCUT2D eigenvalue weighted by Gasteiger charge is 2.29. The summed E-state index contributed by atoms with van der Waals surface area (Å²) < 4.78 is 24.9. The average Bonchev–Trinajstić information content (AvgIpc) is 2.26. The van der Waals surface area contributed by atoms with Gasteiger partial charge >= 0.3 is 0 Å². The molecule has 0 aliphatic rings. The summed E-state index contributed by atoms with van der Waals surface area (Å²) in [4.78, 5) is 13.3. The van der Waals surface area contributed by atoms with E-state index >= 15 is 0 Å². The SMILES string of the molecule is C[C@@H](C(=O)N(C)C)N(c1cccc(Cl)c1)S(C)(=O)=O. The summed E-state index contributed by atoms with van der Waals surface area (Å²) in [7, 11) is -0.424. The molecule has 1 aromatic rings. The van der Waals surface area contributed by atoms with Gasteiger partial charge in [0.1, 0.15) is 6.04 Å². The van der Waals surface area contributed by atoms with Crippen LogP contribution in [-0.2, 0) is 14.8 Å². The first-order valence-electron chi connectivity index (χ1n) is 5.60. The summed E-state index contributed by atoms with van der Waals surface area (Å²) in [6.07, 6.45) is 1.06. The second-order valence-electron chi connectivity index (χ2n) is 4.45. The molecule has 0 saturated heterocycles. The molecule has 0 aliphatic carbocycles. The zero-order valence-corrected chi connectivity index (χ0v) is 12.9. The Bertz CT molecular complexity index is 572. The van der Waals surface area contributed by atoms with Crippen molar-refractivity contribution in [3.63, 3.8) is 0 Å². The van der Waals surface area contributed by atoms with Gasteiger partial charge in [-0.05, 0) is 25.1 Å². The number of likely N-dealkylation sites (N-methyl/N-ethyl adjacent to an activating group) is 1. The number of halogens is 1. The van der Waals surface area contributed by atoms with Crippen molar-refractivity contribution in [2.45, 2.75) is 13.0 Å². The second-order valence-corrected chi connectivity index (χ2v) is 6.74. The second kappa shape index (κ2) is 5.79. The quantitative estimate of drug-likeness (QED) is 0.848. The Hall–Kier alpha value is -1.27. The molecule has 0 aliphatic heterocycles. The minimum atomic E-state index is -3.59. The normalized spacial score (nSPS) is 12.9. The number of amides is 1. The van der Waals surface area contributed by atoms with E-state index in [1.807, 2.05) is 0 Å². The Balaban J connectivity index is 3.28. The van der Waals surface area contributed by atoms with E-state index in [1.165, 1.54) is 11.0 Å². The van der Waals surface area contributed by atoms with Crippen LogP contribution in [0.3, 0.4) is 0 Å². The lowest BCUT2D eigenvalue weighted by Crippen LogP contribution is -2.47. The van der Waals surface area contributed by atoms with Crippen LogP contribution in [0.2, 0.25) is 5.02 Å². The molecule has 1 aromatic carbocycles. The predicted molar refractivity (Wildman–Crippen MR) is 76.9 cm³/mol. The van der Waals surface area contributed by atoms with Crippen molar-refractivity contribution in [1.82, 2.24) is 4.90 Å². The van der Waals surface area contributed by atoms with Crippen LogP contribution in [0.1, 0.15) is 6.92 Å². The van der Waals surface area contributed by atoms with Crippen LogP contribution < -0.4 is 4.31 Å². The predicted octanol–water partition coefficient (Wildman–Crippen LogP) is 1.58. The number of sulfonamides is 1. The highest BCUT2D eigenvalue weighted by Crippen LogP contribution is 2.24. The third-order valence-electron chi connectivity index (χ3n) is 2.57. The lowest BCUT2D eigenvalue weighted by atomic mass is 10.2. The number of carbonyl (C=O) groups excluding carboxylic acids is 1. The average molecular weight is 305 g/mol. The van der Waals surface area contributed by atoms with E-state index in [1.54, 1.807) is 39.2 Å². The molecule has 0 fully saturated rings. The standard InChI is InChI=1S/C12H17ClN2O3S/c1-9(12(16)14(2)3)15(19(4,17)18)11-7-5-6-10(13)8-11/h5-9H,1-4H3/t9-/m0/s1. The minimum Gasteiger partial charge on any atom is -0.347 e. The third-order valence-corrected chi connectivity index (χ3v) is 4.05. The molecule has 19 heavy (non-hydrogen) atoms. The number of hydrogen-bond donors (Lipinski definition) is 0. The Kier molecular flexibility index (Phi) is 4.81. The van der Waals surface area contributed by atoms with Crippen LogP contribution >= 0.6 is 11.6 Å². The van der Waals surface area contributed by atoms with Crippen molar-refractivity contribution in [1.29, 1.82) is 0 Å². The van der Waals surface area contributed by atoms with Crippen LogP contribution in [-0.4, -0.2) is 45.6 Å². The Labute approximate surface area is 118 Å². The van der Waals surface area contributed by atoms with E-state index in [0.29, 0.717) is 10.7 Å². The number of hydrogen-bond acceptors (Lipinski definition) is 3. The van der Waals surface area contributed by atoms with Gasteiger partial charge in [0.25, 0.3) is 0 Å². The topological polar surface area (TPSA) is 57.7 Å². The van der Waals surface area contributed by atoms with Crippen LogP contribution in [0, 0.1) is 0 Å². The minimum absolute atomic E-state index is 0.301. The maximum atomic E-state index is 12.0. The lowest BCUT2D eigenvalue weighted by molar-refractivity contribution is -0.129. The van der Waals surface area contributed by atoms with Crippen molar-refractivity contribution in [3.8, 4) is 0 Å². The van der Waals surface area contributed by atoms with E-state index < -0.39 is 16.1 Å². The van der Waals surface area contributed by atoms with Crippen LogP contribution in [0.5, 0.6) is 0 Å². The smallest absolute Gasteiger partial charge is 0.245 e. The largest absolute Gasteiger partial charge is 0.347 e. The number of rotatable bonds is 4. The maximum Gasteiger partial charge on any atom is 0.245 e. The van der Waals surface area contributed by atoms with E-state index in [9.17, 15) is 13.2 Å². The fourth-order valence-corrected chi connectivity index (χ4v) is 3.14. The Morgan fingerprint density at radius 3 is 2.32 bits per heavy atom. The van der Waals surface area contributed by atoms with Gasteiger partial charge in [-0.15, -0.1) is 0 Å². The first-order chi connectivity index (χ1) is 8.64. The molecular formula is C12H17ClN2O3S. The summed E-state index contributed by atoms with van der Waals surface area (Å²) in [5, 5.41) is 0.413. The summed E-state index contributed by atoms with van der Waals surface area (Å²) >= 11 is 5.87. The van der Waals surface area contributed by atoms with Gasteiger partial charge < -0.3 is 4.90 Å². The first-order valence-corrected chi connectivity index (χ1v) is 7.83. The molecule has 0 bridgehead atoms. The number of anilines is 1. The third kappa shape index (κ3) is 3.84. The van der Waals surface area contributed by atoms with Gasteiger partial charge in [-0.25, -0.2) is 8.42 Å². The Morgan fingerprint density at radius 2 is 1.89 bits per heavy atom.